The van der Waals surface area contributed by atoms with Gasteiger partial charge in [0.1, 0.15) is 11.6 Å². The first-order valence-corrected chi connectivity index (χ1v) is 12.4. The van der Waals surface area contributed by atoms with Crippen molar-refractivity contribution in [2.24, 2.45) is 0 Å². The van der Waals surface area contributed by atoms with Gasteiger partial charge in [-0.05, 0) is 36.5 Å². The van der Waals surface area contributed by atoms with Crippen LogP contribution in [0.5, 0.6) is 5.88 Å². The van der Waals surface area contributed by atoms with Crippen molar-refractivity contribution in [2.75, 3.05) is 13.1 Å². The molecule has 1 N–H and O–H groups in total. The van der Waals surface area contributed by atoms with Gasteiger partial charge in [0.15, 0.2) is 5.56 Å². The van der Waals surface area contributed by atoms with E-state index in [0.29, 0.717) is 37.2 Å². The molecule has 1 amide bonds. The van der Waals surface area contributed by atoms with Crippen molar-refractivity contribution in [3.63, 3.8) is 0 Å². The molecule has 4 rings (SSSR count). The zero-order valence-electron chi connectivity index (χ0n) is 20.3. The van der Waals surface area contributed by atoms with Crippen LogP contribution in [0.2, 0.25) is 0 Å². The monoisotopic (exact) mass is 477 g/mol. The molecule has 184 valence electrons. The minimum absolute atomic E-state index is 0.158. The summed E-state index contributed by atoms with van der Waals surface area (Å²) < 4.78 is 15.9. The second-order valence-electron chi connectivity index (χ2n) is 9.10. The second kappa shape index (κ2) is 10.8. The van der Waals surface area contributed by atoms with Gasteiger partial charge in [0.2, 0.25) is 5.88 Å². The third kappa shape index (κ3) is 4.99. The molecule has 35 heavy (non-hydrogen) atoms. The van der Waals surface area contributed by atoms with Gasteiger partial charge in [0.25, 0.3) is 11.5 Å². The van der Waals surface area contributed by atoms with Gasteiger partial charge in [-0.15, -0.1) is 0 Å². The van der Waals surface area contributed by atoms with Gasteiger partial charge in [-0.1, -0.05) is 68.8 Å². The Hall–Kier alpha value is -3.48. The van der Waals surface area contributed by atoms with E-state index in [-0.39, 0.29) is 29.9 Å². The van der Waals surface area contributed by atoms with Crippen LogP contribution in [0.15, 0.2) is 59.4 Å². The topological polar surface area (TPSA) is 75.4 Å². The predicted molar refractivity (Wildman–Crippen MR) is 133 cm³/mol. The Morgan fingerprint density at radius 1 is 1.14 bits per heavy atom. The van der Waals surface area contributed by atoms with E-state index in [1.807, 2.05) is 44.2 Å². The van der Waals surface area contributed by atoms with Gasteiger partial charge >= 0.3 is 0 Å². The molecule has 0 aliphatic carbocycles. The zero-order valence-corrected chi connectivity index (χ0v) is 20.3. The van der Waals surface area contributed by atoms with Crippen LogP contribution in [0.4, 0.5) is 4.39 Å². The molecule has 7 heteroatoms. The van der Waals surface area contributed by atoms with Crippen molar-refractivity contribution in [1.29, 1.82) is 0 Å². The second-order valence-corrected chi connectivity index (χ2v) is 9.10. The maximum atomic E-state index is 14.3. The van der Waals surface area contributed by atoms with Crippen molar-refractivity contribution in [1.82, 2.24) is 14.5 Å². The highest BCUT2D eigenvalue weighted by Crippen LogP contribution is 2.31. The lowest BCUT2D eigenvalue weighted by atomic mass is 9.98. The molecule has 1 fully saturated rings. The number of halogens is 1. The summed E-state index contributed by atoms with van der Waals surface area (Å²) >= 11 is 0. The summed E-state index contributed by atoms with van der Waals surface area (Å²) in [7, 11) is 0. The fourth-order valence-corrected chi connectivity index (χ4v) is 4.99. The number of amides is 1. The summed E-state index contributed by atoms with van der Waals surface area (Å²) in [6.07, 6.45) is 3.45. The molecule has 0 spiro atoms. The maximum absolute atomic E-state index is 14.3. The molecule has 1 aliphatic rings. The molecule has 0 saturated carbocycles. The highest BCUT2D eigenvalue weighted by atomic mass is 19.1. The number of likely N-dealkylation sites (tertiary alicyclic amines) is 1. The Morgan fingerprint density at radius 3 is 2.54 bits per heavy atom. The third-order valence-electron chi connectivity index (χ3n) is 6.84. The van der Waals surface area contributed by atoms with Crippen LogP contribution in [0.25, 0.3) is 0 Å². The summed E-state index contributed by atoms with van der Waals surface area (Å²) in [5.74, 6) is -1.06. The number of benzene rings is 2. The first-order valence-electron chi connectivity index (χ1n) is 12.4. The van der Waals surface area contributed by atoms with Crippen LogP contribution < -0.4 is 5.56 Å². The Bertz CT molecular complexity index is 1240. The van der Waals surface area contributed by atoms with Gasteiger partial charge in [-0.2, -0.15) is 4.98 Å². The van der Waals surface area contributed by atoms with E-state index in [1.54, 1.807) is 22.8 Å². The molecule has 2 aromatic carbocycles. The summed E-state index contributed by atoms with van der Waals surface area (Å²) in [6.45, 7) is 4.70. The number of aryl methyl sites for hydroxylation is 1. The Labute approximate surface area is 205 Å². The highest BCUT2D eigenvalue weighted by Gasteiger charge is 2.34. The van der Waals surface area contributed by atoms with Crippen LogP contribution in [0.3, 0.4) is 0 Å². The summed E-state index contributed by atoms with van der Waals surface area (Å²) in [5, 5.41) is 10.7. The van der Waals surface area contributed by atoms with Crippen LogP contribution >= 0.6 is 0 Å². The van der Waals surface area contributed by atoms with Crippen LogP contribution in [-0.4, -0.2) is 38.6 Å². The minimum Gasteiger partial charge on any atom is -0.493 e. The molecule has 6 nitrogen and oxygen atoms in total. The van der Waals surface area contributed by atoms with E-state index < -0.39 is 17.3 Å². The molecule has 2 heterocycles. The lowest BCUT2D eigenvalue weighted by Crippen LogP contribution is -2.38. The molecular formula is C28H32FN3O3. The van der Waals surface area contributed by atoms with Crippen molar-refractivity contribution in [3.8, 4) is 5.88 Å². The molecule has 1 unspecified atom stereocenters. The average molecular weight is 478 g/mol. The van der Waals surface area contributed by atoms with Gasteiger partial charge in [0, 0.05) is 25.4 Å². The average Bonchev–Trinajstić information content (AvgIpc) is 3.35. The third-order valence-corrected chi connectivity index (χ3v) is 6.84. The van der Waals surface area contributed by atoms with E-state index in [4.69, 9.17) is 0 Å². The molecule has 1 saturated heterocycles. The molecule has 0 radical (unpaired) electrons. The van der Waals surface area contributed by atoms with E-state index in [1.165, 1.54) is 11.0 Å². The number of aromatic nitrogens is 2. The smallest absolute Gasteiger partial charge is 0.270 e. The lowest BCUT2D eigenvalue weighted by Gasteiger charge is -2.24. The number of hydrogen-bond acceptors (Lipinski definition) is 4. The highest BCUT2D eigenvalue weighted by molar-refractivity contribution is 5.96. The fourth-order valence-electron chi connectivity index (χ4n) is 4.99. The Morgan fingerprint density at radius 2 is 1.86 bits per heavy atom. The molecule has 1 aromatic heterocycles. The summed E-state index contributed by atoms with van der Waals surface area (Å²) in [6, 6.07) is 15.9. The summed E-state index contributed by atoms with van der Waals surface area (Å²) in [4.78, 5) is 33.2. The number of unbranched alkanes of at least 4 members (excludes halogenated alkanes) is 1. The first-order chi connectivity index (χ1) is 17.0. The number of hydrogen-bond donors (Lipinski definition) is 1. The van der Waals surface area contributed by atoms with Crippen molar-refractivity contribution < 1.29 is 14.3 Å². The fraction of sp³-hybridized carbons (Fsp3) is 0.393. The van der Waals surface area contributed by atoms with Gasteiger partial charge in [-0.3, -0.25) is 14.2 Å². The SMILES string of the molecule is CCCCc1nc(O)c(C(=O)N2CCC(c3ccccc3F)C2)c(=O)n1[C@@H](CC)c1ccccc1. The summed E-state index contributed by atoms with van der Waals surface area (Å²) in [5.41, 5.74) is 0.668. The molecule has 3 aromatic rings. The van der Waals surface area contributed by atoms with E-state index in [0.717, 1.165) is 18.4 Å². The molecule has 1 aliphatic heterocycles. The van der Waals surface area contributed by atoms with Crippen molar-refractivity contribution in [3.05, 3.63) is 93.3 Å². The largest absolute Gasteiger partial charge is 0.493 e. The predicted octanol–water partition coefficient (Wildman–Crippen LogP) is 5.06. The van der Waals surface area contributed by atoms with Crippen LogP contribution in [0.1, 0.15) is 78.8 Å². The molecule has 0 bridgehead atoms. The Kier molecular flexibility index (Phi) is 7.63. The van der Waals surface area contributed by atoms with Gasteiger partial charge in [-0.25, -0.2) is 4.39 Å². The molecular weight excluding hydrogens is 445 g/mol. The van der Waals surface area contributed by atoms with Crippen molar-refractivity contribution >= 4 is 5.91 Å². The number of carbonyl (C=O) groups is 1. The number of aromatic hydroxyl groups is 1. The molecule has 2 atom stereocenters. The van der Waals surface area contributed by atoms with E-state index in [9.17, 15) is 19.1 Å². The Balaban J connectivity index is 1.72. The lowest BCUT2D eigenvalue weighted by molar-refractivity contribution is 0.0783. The number of carbonyl (C=O) groups excluding carboxylic acids is 1. The van der Waals surface area contributed by atoms with E-state index >= 15 is 0 Å². The number of rotatable bonds is 8. The van der Waals surface area contributed by atoms with Crippen LogP contribution in [-0.2, 0) is 6.42 Å². The van der Waals surface area contributed by atoms with Crippen LogP contribution in [0, 0.1) is 5.82 Å². The quantitative estimate of drug-likeness (QED) is 0.492. The maximum Gasteiger partial charge on any atom is 0.270 e. The van der Waals surface area contributed by atoms with E-state index in [2.05, 4.69) is 4.98 Å². The van der Waals surface area contributed by atoms with Gasteiger partial charge < -0.3 is 10.0 Å². The number of nitrogens with zero attached hydrogens (tertiary/aromatic N) is 3. The minimum atomic E-state index is -0.558. The first kappa shape index (κ1) is 24.6. The van der Waals surface area contributed by atoms with Gasteiger partial charge in [0.05, 0.1) is 6.04 Å². The zero-order chi connectivity index (χ0) is 24.9. The standard InChI is InChI=1S/C28H32FN3O3/c1-3-5-15-24-30-26(33)25(28(35)32(24)23(4-2)19-11-7-6-8-12-19)27(34)31-17-16-20(18-31)21-13-9-10-14-22(21)29/h6-14,20,23,33H,3-5,15-18H2,1-2H3/t20?,23-/m0/s1. The normalized spacial score (nSPS) is 16.4. The van der Waals surface area contributed by atoms with Crippen molar-refractivity contribution in [2.45, 2.75) is 57.9 Å².